The smallest absolute Gasteiger partial charge is 0.242 e. The summed E-state index contributed by atoms with van der Waals surface area (Å²) < 4.78 is 5.29. The maximum absolute atomic E-state index is 5.29. The van der Waals surface area contributed by atoms with Crippen molar-refractivity contribution in [3.8, 4) is 16.5 Å². The lowest BCUT2D eigenvalue weighted by Crippen LogP contribution is -1.93. The molecule has 0 aliphatic carbocycles. The third-order valence-electron chi connectivity index (χ3n) is 2.21. The van der Waals surface area contributed by atoms with Crippen LogP contribution >= 0.6 is 22.7 Å². The van der Waals surface area contributed by atoms with Crippen molar-refractivity contribution in [3.05, 3.63) is 29.0 Å². The van der Waals surface area contributed by atoms with Crippen molar-refractivity contribution in [2.75, 3.05) is 7.11 Å². The molecule has 0 saturated carbocycles. The topological polar surface area (TPSA) is 35.0 Å². The SMILES string of the molecule is COc1nc2sccc2nc1-c1cccs1. The molecule has 0 N–H and O–H groups in total. The van der Waals surface area contributed by atoms with Crippen LogP contribution in [0.4, 0.5) is 0 Å². The van der Waals surface area contributed by atoms with Gasteiger partial charge in [-0.3, -0.25) is 0 Å². The molecule has 0 fully saturated rings. The number of aromatic nitrogens is 2. The number of fused-ring (bicyclic) bond motifs is 1. The highest BCUT2D eigenvalue weighted by molar-refractivity contribution is 7.16. The summed E-state index contributed by atoms with van der Waals surface area (Å²) in [5, 5.41) is 4.01. The quantitative estimate of drug-likeness (QED) is 0.697. The number of methoxy groups -OCH3 is 1. The predicted octanol–water partition coefficient (Wildman–Crippen LogP) is 3.43. The van der Waals surface area contributed by atoms with Gasteiger partial charge in [0.05, 0.1) is 12.0 Å². The van der Waals surface area contributed by atoms with Gasteiger partial charge in [-0.2, -0.15) is 4.98 Å². The highest BCUT2D eigenvalue weighted by Crippen LogP contribution is 2.32. The number of ether oxygens (including phenoxy) is 1. The van der Waals surface area contributed by atoms with E-state index in [0.717, 1.165) is 20.9 Å². The van der Waals surface area contributed by atoms with Crippen LogP contribution in [0.15, 0.2) is 29.0 Å². The van der Waals surface area contributed by atoms with E-state index in [1.54, 1.807) is 29.8 Å². The first-order valence-electron chi connectivity index (χ1n) is 4.71. The molecule has 0 unspecified atom stereocenters. The van der Waals surface area contributed by atoms with Crippen LogP contribution in [0.1, 0.15) is 0 Å². The fraction of sp³-hybridized carbons (Fsp3) is 0.0909. The Morgan fingerprint density at radius 1 is 1.12 bits per heavy atom. The zero-order valence-electron chi connectivity index (χ0n) is 8.51. The first kappa shape index (κ1) is 9.74. The van der Waals surface area contributed by atoms with E-state index in [1.807, 2.05) is 29.0 Å². The molecule has 0 saturated heterocycles. The minimum absolute atomic E-state index is 0.595. The summed E-state index contributed by atoms with van der Waals surface area (Å²) >= 11 is 3.21. The Labute approximate surface area is 100 Å². The first-order valence-corrected chi connectivity index (χ1v) is 6.47. The van der Waals surface area contributed by atoms with Crippen molar-refractivity contribution in [1.29, 1.82) is 0 Å². The lowest BCUT2D eigenvalue weighted by molar-refractivity contribution is 0.400. The molecular weight excluding hydrogens is 240 g/mol. The number of hydrogen-bond acceptors (Lipinski definition) is 5. The van der Waals surface area contributed by atoms with Gasteiger partial charge in [-0.05, 0) is 22.9 Å². The van der Waals surface area contributed by atoms with E-state index in [1.165, 1.54) is 0 Å². The lowest BCUT2D eigenvalue weighted by atomic mass is 10.3. The molecule has 3 aromatic heterocycles. The molecule has 80 valence electrons. The maximum atomic E-state index is 5.29. The van der Waals surface area contributed by atoms with Crippen molar-refractivity contribution >= 4 is 33.0 Å². The Kier molecular flexibility index (Phi) is 2.34. The van der Waals surface area contributed by atoms with Crippen LogP contribution in [0.5, 0.6) is 5.88 Å². The molecule has 3 rings (SSSR count). The van der Waals surface area contributed by atoms with E-state index in [4.69, 9.17) is 4.74 Å². The normalized spacial score (nSPS) is 10.8. The Bertz CT molecular complexity index is 616. The van der Waals surface area contributed by atoms with Crippen molar-refractivity contribution in [2.24, 2.45) is 0 Å². The fourth-order valence-corrected chi connectivity index (χ4v) is 2.89. The predicted molar refractivity (Wildman–Crippen MR) is 67.3 cm³/mol. The summed E-state index contributed by atoms with van der Waals surface area (Å²) in [6.45, 7) is 0. The third kappa shape index (κ3) is 1.48. The van der Waals surface area contributed by atoms with E-state index in [9.17, 15) is 0 Å². The molecular formula is C11H8N2OS2. The molecule has 0 aromatic carbocycles. The average Bonchev–Trinajstić information content (AvgIpc) is 2.97. The van der Waals surface area contributed by atoms with Gasteiger partial charge in [-0.15, -0.1) is 22.7 Å². The summed E-state index contributed by atoms with van der Waals surface area (Å²) in [4.78, 5) is 11.0. The van der Waals surface area contributed by atoms with Crippen molar-refractivity contribution < 1.29 is 4.74 Å². The highest BCUT2D eigenvalue weighted by atomic mass is 32.1. The Hall–Kier alpha value is -1.46. The van der Waals surface area contributed by atoms with Crippen LogP contribution in [0.2, 0.25) is 0 Å². The van der Waals surface area contributed by atoms with Crippen LogP contribution < -0.4 is 4.74 Å². The van der Waals surface area contributed by atoms with Gasteiger partial charge >= 0.3 is 0 Å². The molecule has 0 amide bonds. The Balaban J connectivity index is 2.29. The molecule has 0 atom stereocenters. The summed E-state index contributed by atoms with van der Waals surface area (Å²) in [5.74, 6) is 0.595. The van der Waals surface area contributed by atoms with Crippen molar-refractivity contribution in [3.63, 3.8) is 0 Å². The summed E-state index contributed by atoms with van der Waals surface area (Å²) in [6.07, 6.45) is 0. The minimum atomic E-state index is 0.595. The van der Waals surface area contributed by atoms with Gasteiger partial charge in [-0.25, -0.2) is 4.98 Å². The Morgan fingerprint density at radius 2 is 2.06 bits per heavy atom. The molecule has 16 heavy (non-hydrogen) atoms. The monoisotopic (exact) mass is 248 g/mol. The number of hydrogen-bond donors (Lipinski definition) is 0. The molecule has 0 aliphatic rings. The van der Waals surface area contributed by atoms with Crippen LogP contribution in [0.25, 0.3) is 20.9 Å². The second-order valence-electron chi connectivity index (χ2n) is 3.17. The summed E-state index contributed by atoms with van der Waals surface area (Å²) in [6, 6.07) is 6.00. The van der Waals surface area contributed by atoms with Crippen molar-refractivity contribution in [1.82, 2.24) is 9.97 Å². The second kappa shape index (κ2) is 3.84. The number of nitrogens with zero attached hydrogens (tertiary/aromatic N) is 2. The lowest BCUT2D eigenvalue weighted by Gasteiger charge is -2.04. The minimum Gasteiger partial charge on any atom is -0.479 e. The molecule has 3 heterocycles. The number of thiophene rings is 2. The van der Waals surface area contributed by atoms with Crippen LogP contribution in [0.3, 0.4) is 0 Å². The molecule has 0 aliphatic heterocycles. The zero-order valence-corrected chi connectivity index (χ0v) is 10.1. The van der Waals surface area contributed by atoms with Gasteiger partial charge in [0, 0.05) is 0 Å². The standard InChI is InChI=1S/C11H8N2OS2/c1-14-10-9(8-3-2-5-15-8)12-7-4-6-16-11(7)13-10/h2-6H,1H3. The van der Waals surface area contributed by atoms with Gasteiger partial charge < -0.3 is 4.74 Å². The molecule has 5 heteroatoms. The first-order chi connectivity index (χ1) is 7.88. The van der Waals surface area contributed by atoms with Gasteiger partial charge in [0.25, 0.3) is 0 Å². The van der Waals surface area contributed by atoms with Crippen LogP contribution in [-0.2, 0) is 0 Å². The molecule has 0 spiro atoms. The number of rotatable bonds is 2. The molecule has 0 bridgehead atoms. The maximum Gasteiger partial charge on any atom is 0.242 e. The van der Waals surface area contributed by atoms with Gasteiger partial charge in [-0.1, -0.05) is 6.07 Å². The summed E-state index contributed by atoms with van der Waals surface area (Å²) in [7, 11) is 1.63. The second-order valence-corrected chi connectivity index (χ2v) is 5.01. The van der Waals surface area contributed by atoms with E-state index >= 15 is 0 Å². The molecule has 0 radical (unpaired) electrons. The van der Waals surface area contributed by atoms with E-state index < -0.39 is 0 Å². The highest BCUT2D eigenvalue weighted by Gasteiger charge is 2.12. The summed E-state index contributed by atoms with van der Waals surface area (Å²) in [5.41, 5.74) is 1.75. The fourth-order valence-electron chi connectivity index (χ4n) is 1.49. The van der Waals surface area contributed by atoms with Crippen LogP contribution in [-0.4, -0.2) is 17.1 Å². The third-order valence-corrected chi connectivity index (χ3v) is 3.88. The van der Waals surface area contributed by atoms with E-state index in [-0.39, 0.29) is 0 Å². The zero-order chi connectivity index (χ0) is 11.0. The van der Waals surface area contributed by atoms with E-state index in [2.05, 4.69) is 9.97 Å². The molecule has 3 aromatic rings. The van der Waals surface area contributed by atoms with E-state index in [0.29, 0.717) is 5.88 Å². The van der Waals surface area contributed by atoms with Crippen LogP contribution in [0, 0.1) is 0 Å². The Morgan fingerprint density at radius 3 is 2.81 bits per heavy atom. The molecule has 3 nitrogen and oxygen atoms in total. The van der Waals surface area contributed by atoms with Gasteiger partial charge in [0.15, 0.2) is 0 Å². The largest absolute Gasteiger partial charge is 0.479 e. The van der Waals surface area contributed by atoms with Crippen molar-refractivity contribution in [2.45, 2.75) is 0 Å². The average molecular weight is 248 g/mol. The van der Waals surface area contributed by atoms with Gasteiger partial charge in [0.1, 0.15) is 16.0 Å². The van der Waals surface area contributed by atoms with Gasteiger partial charge in [0.2, 0.25) is 5.88 Å².